The van der Waals surface area contributed by atoms with Gasteiger partial charge in [0.25, 0.3) is 0 Å². The highest BCUT2D eigenvalue weighted by Gasteiger charge is 2.39. The number of carbonyl (C=O) groups excluding carboxylic acids is 1. The molecule has 0 aromatic heterocycles. The molecule has 0 amide bonds. The summed E-state index contributed by atoms with van der Waals surface area (Å²) in [7, 11) is 1.39. The van der Waals surface area contributed by atoms with Crippen molar-refractivity contribution in [3.05, 3.63) is 29.8 Å². The number of likely N-dealkylation sites (tertiary alicyclic amines) is 1. The van der Waals surface area contributed by atoms with Gasteiger partial charge in [0, 0.05) is 31.0 Å². The van der Waals surface area contributed by atoms with Gasteiger partial charge >= 0.3 is 5.97 Å². The Balaban J connectivity index is 1.73. The summed E-state index contributed by atoms with van der Waals surface area (Å²) >= 11 is 0. The molecule has 5 nitrogen and oxygen atoms in total. The zero-order chi connectivity index (χ0) is 14.1. The number of aliphatic hydroxyl groups excluding tert-OH is 1. The molecular weight excluding hydrogens is 258 g/mol. The number of hydrogen-bond donors (Lipinski definition) is 1. The highest BCUT2D eigenvalue weighted by molar-refractivity contribution is 5.76. The zero-order valence-electron chi connectivity index (χ0n) is 11.5. The number of ether oxygens (including phenoxy) is 2. The summed E-state index contributed by atoms with van der Waals surface area (Å²) in [6, 6.07) is 7.64. The lowest BCUT2D eigenvalue weighted by molar-refractivity contribution is -0.146. The molecule has 3 rings (SSSR count). The number of methoxy groups -OCH3 is 1. The van der Waals surface area contributed by atoms with Gasteiger partial charge < -0.3 is 14.6 Å². The maximum atomic E-state index is 11.8. The molecule has 1 saturated heterocycles. The Morgan fingerprint density at radius 1 is 1.50 bits per heavy atom. The van der Waals surface area contributed by atoms with Crippen LogP contribution in [0.3, 0.4) is 0 Å². The molecule has 2 heterocycles. The van der Waals surface area contributed by atoms with E-state index in [-0.39, 0.29) is 17.9 Å². The summed E-state index contributed by atoms with van der Waals surface area (Å²) in [5.74, 6) is 0.893. The number of esters is 1. The lowest BCUT2D eigenvalue weighted by Crippen LogP contribution is -2.39. The van der Waals surface area contributed by atoms with E-state index in [9.17, 15) is 9.90 Å². The topological polar surface area (TPSA) is 59.0 Å². The Bertz CT molecular complexity index is 504. The van der Waals surface area contributed by atoms with Crippen molar-refractivity contribution in [2.45, 2.75) is 24.5 Å². The molecule has 1 N–H and O–H groups in total. The molecule has 0 radical (unpaired) electrons. The number of para-hydroxylation sites is 1. The minimum absolute atomic E-state index is 0.239. The molecule has 3 unspecified atom stereocenters. The van der Waals surface area contributed by atoms with Gasteiger partial charge in [0.05, 0.1) is 19.8 Å². The van der Waals surface area contributed by atoms with Crippen LogP contribution >= 0.6 is 0 Å². The van der Waals surface area contributed by atoms with Crippen LogP contribution in [0.2, 0.25) is 0 Å². The summed E-state index contributed by atoms with van der Waals surface area (Å²) in [5, 5.41) is 9.80. The van der Waals surface area contributed by atoms with Gasteiger partial charge in [0.2, 0.25) is 0 Å². The Hall–Kier alpha value is -1.59. The lowest BCUT2D eigenvalue weighted by Gasteiger charge is -2.24. The number of β-amino-alcohol motifs (C(OH)–C–C–N with tert-alkyl or cyclic N) is 1. The molecule has 2 aliphatic rings. The van der Waals surface area contributed by atoms with Gasteiger partial charge in [0.15, 0.2) is 0 Å². The molecule has 0 aliphatic carbocycles. The smallest absolute Gasteiger partial charge is 0.323 e. The first-order valence-electron chi connectivity index (χ1n) is 6.90. The van der Waals surface area contributed by atoms with Crippen LogP contribution in [0.1, 0.15) is 17.9 Å². The second kappa shape index (κ2) is 5.42. The SMILES string of the molecule is COC(=O)C1CC(O)CN1CC1COc2ccccc21. The summed E-state index contributed by atoms with van der Waals surface area (Å²) in [6.45, 7) is 1.84. The van der Waals surface area contributed by atoms with Crippen LogP contribution < -0.4 is 4.74 Å². The zero-order valence-corrected chi connectivity index (χ0v) is 11.5. The van der Waals surface area contributed by atoms with E-state index in [1.165, 1.54) is 12.7 Å². The average molecular weight is 277 g/mol. The highest BCUT2D eigenvalue weighted by Crippen LogP contribution is 2.35. The second-order valence-corrected chi connectivity index (χ2v) is 5.43. The van der Waals surface area contributed by atoms with Gasteiger partial charge in [-0.05, 0) is 6.07 Å². The Morgan fingerprint density at radius 3 is 3.10 bits per heavy atom. The van der Waals surface area contributed by atoms with Crippen LogP contribution in [0.5, 0.6) is 5.75 Å². The lowest BCUT2D eigenvalue weighted by atomic mass is 10.0. The van der Waals surface area contributed by atoms with Crippen LogP contribution in [-0.4, -0.2) is 54.9 Å². The van der Waals surface area contributed by atoms with E-state index in [4.69, 9.17) is 9.47 Å². The van der Waals surface area contributed by atoms with E-state index in [1.807, 2.05) is 23.1 Å². The molecule has 0 spiro atoms. The number of aliphatic hydroxyl groups is 1. The second-order valence-electron chi connectivity index (χ2n) is 5.43. The number of rotatable bonds is 3. The average Bonchev–Trinajstić information content (AvgIpc) is 3.03. The minimum Gasteiger partial charge on any atom is -0.493 e. The van der Waals surface area contributed by atoms with Crippen LogP contribution in [0.25, 0.3) is 0 Å². The third-order valence-electron chi connectivity index (χ3n) is 4.11. The fraction of sp³-hybridized carbons (Fsp3) is 0.533. The van der Waals surface area contributed by atoms with E-state index in [1.54, 1.807) is 0 Å². The summed E-state index contributed by atoms with van der Waals surface area (Å²) in [4.78, 5) is 13.8. The van der Waals surface area contributed by atoms with Crippen LogP contribution in [0.4, 0.5) is 0 Å². The third-order valence-corrected chi connectivity index (χ3v) is 4.11. The van der Waals surface area contributed by atoms with E-state index in [2.05, 4.69) is 6.07 Å². The van der Waals surface area contributed by atoms with E-state index >= 15 is 0 Å². The molecule has 0 bridgehead atoms. The fourth-order valence-corrected chi connectivity index (χ4v) is 3.13. The molecule has 2 aliphatic heterocycles. The Morgan fingerprint density at radius 2 is 2.30 bits per heavy atom. The monoisotopic (exact) mass is 277 g/mol. The molecule has 108 valence electrons. The molecule has 1 aromatic rings. The molecule has 3 atom stereocenters. The van der Waals surface area contributed by atoms with Gasteiger partial charge in [-0.15, -0.1) is 0 Å². The van der Waals surface area contributed by atoms with Crippen molar-refractivity contribution in [3.63, 3.8) is 0 Å². The molecule has 5 heteroatoms. The maximum absolute atomic E-state index is 11.8. The summed E-state index contributed by atoms with van der Waals surface area (Å²) in [5.41, 5.74) is 1.18. The van der Waals surface area contributed by atoms with Crippen molar-refractivity contribution in [2.24, 2.45) is 0 Å². The fourth-order valence-electron chi connectivity index (χ4n) is 3.13. The first-order chi connectivity index (χ1) is 9.69. The van der Waals surface area contributed by atoms with Crippen molar-refractivity contribution < 1.29 is 19.4 Å². The van der Waals surface area contributed by atoms with Crippen molar-refractivity contribution in [1.29, 1.82) is 0 Å². The maximum Gasteiger partial charge on any atom is 0.323 e. The van der Waals surface area contributed by atoms with Crippen molar-refractivity contribution >= 4 is 5.97 Å². The van der Waals surface area contributed by atoms with Gasteiger partial charge in [-0.2, -0.15) is 0 Å². The van der Waals surface area contributed by atoms with Crippen LogP contribution in [0, 0.1) is 0 Å². The standard InChI is InChI=1S/C15H19NO4/c1-19-15(18)13-6-11(17)8-16(13)7-10-9-20-14-5-3-2-4-12(10)14/h2-5,10-11,13,17H,6-9H2,1H3. The normalized spacial score (nSPS) is 29.0. The highest BCUT2D eigenvalue weighted by atomic mass is 16.5. The molecular formula is C15H19NO4. The van der Waals surface area contributed by atoms with Gasteiger partial charge in [-0.1, -0.05) is 18.2 Å². The first kappa shape index (κ1) is 13.4. The van der Waals surface area contributed by atoms with E-state index in [0.29, 0.717) is 26.1 Å². The number of fused-ring (bicyclic) bond motifs is 1. The van der Waals surface area contributed by atoms with E-state index < -0.39 is 6.10 Å². The summed E-state index contributed by atoms with van der Waals surface area (Å²) in [6.07, 6.45) is -0.0151. The van der Waals surface area contributed by atoms with Crippen LogP contribution in [-0.2, 0) is 9.53 Å². The molecule has 0 saturated carbocycles. The molecule has 1 aromatic carbocycles. The quantitative estimate of drug-likeness (QED) is 0.827. The minimum atomic E-state index is -0.461. The first-order valence-corrected chi connectivity index (χ1v) is 6.90. The summed E-state index contributed by atoms with van der Waals surface area (Å²) < 4.78 is 10.5. The number of carbonyl (C=O) groups is 1. The number of hydrogen-bond acceptors (Lipinski definition) is 5. The number of benzene rings is 1. The van der Waals surface area contributed by atoms with Crippen molar-refractivity contribution in [1.82, 2.24) is 4.90 Å². The van der Waals surface area contributed by atoms with Gasteiger partial charge in [-0.25, -0.2) is 0 Å². The van der Waals surface area contributed by atoms with E-state index in [0.717, 1.165) is 5.75 Å². The van der Waals surface area contributed by atoms with Crippen LogP contribution in [0.15, 0.2) is 24.3 Å². The van der Waals surface area contributed by atoms with Gasteiger partial charge in [-0.3, -0.25) is 9.69 Å². The predicted octanol–water partition coefficient (Wildman–Crippen LogP) is 0.771. The Kier molecular flexibility index (Phi) is 3.63. The Labute approximate surface area is 118 Å². The van der Waals surface area contributed by atoms with Gasteiger partial charge in [0.1, 0.15) is 11.8 Å². The predicted molar refractivity (Wildman–Crippen MR) is 72.7 cm³/mol. The van der Waals surface area contributed by atoms with Crippen molar-refractivity contribution in [3.8, 4) is 5.75 Å². The third kappa shape index (κ3) is 2.39. The number of nitrogens with zero attached hydrogens (tertiary/aromatic N) is 1. The molecule has 1 fully saturated rings. The molecule has 20 heavy (non-hydrogen) atoms. The van der Waals surface area contributed by atoms with Crippen molar-refractivity contribution in [2.75, 3.05) is 26.8 Å². The largest absolute Gasteiger partial charge is 0.493 e.